The topological polar surface area (TPSA) is 17.1 Å². The summed E-state index contributed by atoms with van der Waals surface area (Å²) in [4.78, 5) is 13.9. The van der Waals surface area contributed by atoms with Crippen LogP contribution in [0.4, 0.5) is 4.39 Å². The van der Waals surface area contributed by atoms with Crippen molar-refractivity contribution in [2.75, 3.05) is 0 Å². The van der Waals surface area contributed by atoms with Crippen molar-refractivity contribution < 1.29 is 9.18 Å². The van der Waals surface area contributed by atoms with E-state index in [1.165, 1.54) is 4.88 Å². The van der Waals surface area contributed by atoms with E-state index >= 15 is 0 Å². The summed E-state index contributed by atoms with van der Waals surface area (Å²) in [7, 11) is 0. The van der Waals surface area contributed by atoms with Crippen LogP contribution in [0, 0.1) is 12.7 Å². The molecular weight excluding hydrogens is 259 g/mol. The van der Waals surface area contributed by atoms with Gasteiger partial charge in [-0.2, -0.15) is 0 Å². The number of hydrogen-bond donors (Lipinski definition) is 0. The zero-order valence-electron chi connectivity index (χ0n) is 10.8. The highest BCUT2D eigenvalue weighted by Gasteiger charge is 2.29. The molecule has 1 aliphatic rings. The van der Waals surface area contributed by atoms with Gasteiger partial charge in [-0.3, -0.25) is 4.79 Å². The predicted octanol–water partition coefficient (Wildman–Crippen LogP) is 4.50. The molecule has 1 nitrogen and oxygen atoms in total. The van der Waals surface area contributed by atoms with Crippen LogP contribution in [-0.4, -0.2) is 5.78 Å². The Morgan fingerprint density at radius 3 is 3.05 bits per heavy atom. The minimum atomic E-state index is -0.366. The summed E-state index contributed by atoms with van der Waals surface area (Å²) in [6.45, 7) is 1.70. The molecule has 0 spiro atoms. The number of carbonyl (C=O) groups is 1. The van der Waals surface area contributed by atoms with Crippen LogP contribution in [0.1, 0.15) is 45.1 Å². The van der Waals surface area contributed by atoms with Crippen LogP contribution in [0.15, 0.2) is 29.6 Å². The number of halogens is 1. The molecular formula is C16H15FOS. The summed E-state index contributed by atoms with van der Waals surface area (Å²) in [6.07, 6.45) is 2.89. The monoisotopic (exact) mass is 274 g/mol. The molecule has 0 saturated carbocycles. The lowest BCUT2D eigenvalue weighted by Crippen LogP contribution is -2.18. The van der Waals surface area contributed by atoms with Gasteiger partial charge >= 0.3 is 0 Å². The Labute approximate surface area is 116 Å². The molecule has 0 bridgehead atoms. The lowest BCUT2D eigenvalue weighted by Gasteiger charge is -2.21. The molecule has 1 aliphatic carbocycles. The fourth-order valence-corrected chi connectivity index (χ4v) is 3.77. The molecule has 2 aromatic rings. The number of benzene rings is 1. The quantitative estimate of drug-likeness (QED) is 0.737. The van der Waals surface area contributed by atoms with E-state index in [4.69, 9.17) is 0 Å². The van der Waals surface area contributed by atoms with Gasteiger partial charge in [0.15, 0.2) is 5.78 Å². The first-order valence-electron chi connectivity index (χ1n) is 6.54. The van der Waals surface area contributed by atoms with Crippen molar-refractivity contribution in [1.29, 1.82) is 0 Å². The SMILES string of the molecule is Cc1cccc(C(=O)C2CCCc3sccc32)c1F. The minimum absolute atomic E-state index is 0.0689. The number of hydrogen-bond acceptors (Lipinski definition) is 2. The van der Waals surface area contributed by atoms with Crippen LogP contribution in [-0.2, 0) is 6.42 Å². The van der Waals surface area contributed by atoms with E-state index < -0.39 is 0 Å². The minimum Gasteiger partial charge on any atom is -0.293 e. The summed E-state index contributed by atoms with van der Waals surface area (Å²) in [5, 5.41) is 2.03. The van der Waals surface area contributed by atoms with E-state index in [1.807, 2.05) is 11.4 Å². The average Bonchev–Trinajstić information content (AvgIpc) is 2.89. The molecule has 0 aliphatic heterocycles. The van der Waals surface area contributed by atoms with Gasteiger partial charge in [0, 0.05) is 10.8 Å². The Kier molecular flexibility index (Phi) is 3.23. The number of Topliss-reactive ketones (excluding diaryl/α,β-unsaturated/α-hetero) is 1. The van der Waals surface area contributed by atoms with Gasteiger partial charge < -0.3 is 0 Å². The molecule has 1 atom stereocenters. The molecule has 19 heavy (non-hydrogen) atoms. The van der Waals surface area contributed by atoms with E-state index in [0.29, 0.717) is 5.56 Å². The average molecular weight is 274 g/mol. The summed E-state index contributed by atoms with van der Waals surface area (Å²) in [6, 6.07) is 7.08. The Morgan fingerprint density at radius 1 is 1.37 bits per heavy atom. The van der Waals surface area contributed by atoms with Crippen molar-refractivity contribution in [3.63, 3.8) is 0 Å². The molecule has 0 fully saturated rings. The fraction of sp³-hybridized carbons (Fsp3) is 0.312. The molecule has 0 amide bonds. The maximum atomic E-state index is 14.1. The van der Waals surface area contributed by atoms with E-state index in [9.17, 15) is 9.18 Å². The molecule has 0 saturated heterocycles. The van der Waals surface area contributed by atoms with E-state index in [0.717, 1.165) is 24.8 Å². The largest absolute Gasteiger partial charge is 0.293 e. The first-order chi connectivity index (χ1) is 9.18. The smallest absolute Gasteiger partial charge is 0.173 e. The molecule has 3 rings (SSSR count). The van der Waals surface area contributed by atoms with Crippen molar-refractivity contribution in [2.24, 2.45) is 0 Å². The lowest BCUT2D eigenvalue weighted by molar-refractivity contribution is 0.0947. The second kappa shape index (κ2) is 4.89. The second-order valence-corrected chi connectivity index (χ2v) is 6.05. The number of thiophene rings is 1. The first-order valence-corrected chi connectivity index (χ1v) is 7.42. The number of aryl methyl sites for hydroxylation is 2. The van der Waals surface area contributed by atoms with Crippen molar-refractivity contribution >= 4 is 17.1 Å². The van der Waals surface area contributed by atoms with E-state index in [1.54, 1.807) is 36.5 Å². The molecule has 3 heteroatoms. The van der Waals surface area contributed by atoms with Crippen LogP contribution in [0.5, 0.6) is 0 Å². The van der Waals surface area contributed by atoms with Crippen molar-refractivity contribution in [2.45, 2.75) is 32.1 Å². The van der Waals surface area contributed by atoms with Gasteiger partial charge in [-0.1, -0.05) is 12.1 Å². The van der Waals surface area contributed by atoms with Crippen molar-refractivity contribution in [3.8, 4) is 0 Å². The third-order valence-corrected chi connectivity index (χ3v) is 4.82. The highest BCUT2D eigenvalue weighted by molar-refractivity contribution is 7.10. The number of rotatable bonds is 2. The van der Waals surface area contributed by atoms with Crippen LogP contribution < -0.4 is 0 Å². The number of ketones is 1. The fourth-order valence-electron chi connectivity index (χ4n) is 2.78. The summed E-state index contributed by atoms with van der Waals surface area (Å²) in [5.41, 5.74) is 1.89. The van der Waals surface area contributed by atoms with E-state index in [2.05, 4.69) is 0 Å². The molecule has 1 aromatic heterocycles. The zero-order valence-corrected chi connectivity index (χ0v) is 11.6. The van der Waals surface area contributed by atoms with Crippen molar-refractivity contribution in [1.82, 2.24) is 0 Å². The molecule has 1 aromatic carbocycles. The summed E-state index contributed by atoms with van der Waals surface area (Å²) >= 11 is 1.70. The number of carbonyl (C=O) groups excluding carboxylic acids is 1. The Bertz CT molecular complexity index is 629. The van der Waals surface area contributed by atoms with Crippen LogP contribution in [0.2, 0.25) is 0 Å². The number of fused-ring (bicyclic) bond motifs is 1. The maximum absolute atomic E-state index is 14.1. The van der Waals surface area contributed by atoms with Gasteiger partial charge in [0.2, 0.25) is 0 Å². The highest BCUT2D eigenvalue weighted by Crippen LogP contribution is 2.37. The Balaban J connectivity index is 2.00. The van der Waals surface area contributed by atoms with Crippen LogP contribution in [0.25, 0.3) is 0 Å². The van der Waals surface area contributed by atoms with Gasteiger partial charge in [-0.05, 0) is 54.8 Å². The van der Waals surface area contributed by atoms with Gasteiger partial charge in [0.05, 0.1) is 5.56 Å². The van der Waals surface area contributed by atoms with Gasteiger partial charge in [-0.25, -0.2) is 4.39 Å². The molecule has 0 N–H and O–H groups in total. The third-order valence-electron chi connectivity index (χ3n) is 3.83. The van der Waals surface area contributed by atoms with Gasteiger partial charge in [-0.15, -0.1) is 11.3 Å². The van der Waals surface area contributed by atoms with Crippen LogP contribution in [0.3, 0.4) is 0 Å². The molecule has 0 radical (unpaired) electrons. The molecule has 98 valence electrons. The standard InChI is InChI=1S/C16H15FOS/c1-10-4-2-6-13(15(10)17)16(18)12-5-3-7-14-11(12)8-9-19-14/h2,4,6,8-9,12H,3,5,7H2,1H3. The van der Waals surface area contributed by atoms with Gasteiger partial charge in [0.1, 0.15) is 5.82 Å². The van der Waals surface area contributed by atoms with Gasteiger partial charge in [0.25, 0.3) is 0 Å². The summed E-state index contributed by atoms with van der Waals surface area (Å²) < 4.78 is 14.1. The maximum Gasteiger partial charge on any atom is 0.173 e. The predicted molar refractivity (Wildman–Crippen MR) is 75.5 cm³/mol. The molecule has 1 heterocycles. The summed E-state index contributed by atoms with van der Waals surface area (Å²) in [5.74, 6) is -0.596. The van der Waals surface area contributed by atoms with Crippen molar-refractivity contribution in [3.05, 3.63) is 57.0 Å². The molecule has 1 unspecified atom stereocenters. The second-order valence-electron chi connectivity index (χ2n) is 5.04. The Morgan fingerprint density at radius 2 is 2.21 bits per heavy atom. The Hall–Kier alpha value is -1.48. The third kappa shape index (κ3) is 2.12. The normalized spacial score (nSPS) is 18.1. The highest BCUT2D eigenvalue weighted by atomic mass is 32.1. The zero-order chi connectivity index (χ0) is 13.4. The van der Waals surface area contributed by atoms with Crippen LogP contribution >= 0.6 is 11.3 Å². The lowest BCUT2D eigenvalue weighted by atomic mass is 9.82. The first kappa shape index (κ1) is 12.5. The van der Waals surface area contributed by atoms with E-state index in [-0.39, 0.29) is 23.1 Å².